The first-order valence-electron chi connectivity index (χ1n) is 15.5. The van der Waals surface area contributed by atoms with E-state index in [4.69, 9.17) is 0 Å². The Morgan fingerprint density at radius 2 is 1.74 bits per heavy atom. The Balaban J connectivity index is 1.40. The molecule has 3 amide bonds. The molecule has 0 spiro atoms. The molecule has 1 unspecified atom stereocenters. The molecule has 1 atom stereocenters. The fourth-order valence-corrected chi connectivity index (χ4v) is 6.04. The van der Waals surface area contributed by atoms with E-state index in [1.165, 1.54) is 22.3 Å². The van der Waals surface area contributed by atoms with Gasteiger partial charge in [-0.15, -0.1) is 0 Å². The van der Waals surface area contributed by atoms with Crippen LogP contribution in [-0.4, -0.2) is 53.8 Å². The van der Waals surface area contributed by atoms with E-state index in [1.807, 2.05) is 24.1 Å². The van der Waals surface area contributed by atoms with Crippen LogP contribution in [0.15, 0.2) is 42.5 Å². The normalized spacial score (nSPS) is 15.7. The van der Waals surface area contributed by atoms with Crippen molar-refractivity contribution in [3.05, 3.63) is 76.0 Å². The molecular formula is C35H50N6O2. The minimum absolute atomic E-state index is 0.0982. The summed E-state index contributed by atoms with van der Waals surface area (Å²) < 4.78 is 1.70. The van der Waals surface area contributed by atoms with Gasteiger partial charge in [-0.05, 0) is 93.9 Å². The zero-order valence-corrected chi connectivity index (χ0v) is 27.4. The molecule has 0 bridgehead atoms. The molecule has 1 saturated heterocycles. The number of urea groups is 1. The predicted molar refractivity (Wildman–Crippen MR) is 176 cm³/mol. The first-order valence-corrected chi connectivity index (χ1v) is 15.5. The molecule has 2 heterocycles. The Kier molecular flexibility index (Phi) is 10.3. The number of aromatic nitrogens is 2. The molecular weight excluding hydrogens is 536 g/mol. The zero-order chi connectivity index (χ0) is 31.3. The van der Waals surface area contributed by atoms with Crippen LogP contribution < -0.4 is 15.5 Å². The molecule has 0 aliphatic carbocycles. The van der Waals surface area contributed by atoms with Crippen molar-refractivity contribution in [2.75, 3.05) is 37.4 Å². The van der Waals surface area contributed by atoms with E-state index in [0.29, 0.717) is 31.2 Å². The second-order valence-corrected chi connectivity index (χ2v) is 13.5. The van der Waals surface area contributed by atoms with Crippen LogP contribution in [0.1, 0.15) is 73.5 Å². The maximum Gasteiger partial charge on any atom is 0.320 e. The first kappa shape index (κ1) is 32.3. The van der Waals surface area contributed by atoms with Crippen molar-refractivity contribution in [3.8, 4) is 0 Å². The monoisotopic (exact) mass is 586 g/mol. The van der Waals surface area contributed by atoms with E-state index >= 15 is 0 Å². The SMILES string of the molecule is Cc1cc(CCCN(C)C)cc(C)c1N1CC(Cc2ccccc2CNC(=O)Nc2cc(C(C)(C)C)nn2C)CCC1=O. The van der Waals surface area contributed by atoms with Crippen molar-refractivity contribution >= 4 is 23.4 Å². The number of carbonyl (C=O) groups is 2. The van der Waals surface area contributed by atoms with Gasteiger partial charge in [0.15, 0.2) is 0 Å². The van der Waals surface area contributed by atoms with Crippen LogP contribution in [-0.2, 0) is 36.6 Å². The van der Waals surface area contributed by atoms with Crippen LogP contribution >= 0.6 is 0 Å². The van der Waals surface area contributed by atoms with E-state index in [-0.39, 0.29) is 17.4 Å². The molecule has 3 aromatic rings. The van der Waals surface area contributed by atoms with Crippen molar-refractivity contribution in [3.63, 3.8) is 0 Å². The maximum atomic E-state index is 13.2. The van der Waals surface area contributed by atoms with Crippen LogP contribution in [0.2, 0.25) is 0 Å². The lowest BCUT2D eigenvalue weighted by Crippen LogP contribution is -2.41. The molecule has 1 aliphatic heterocycles. The largest absolute Gasteiger partial charge is 0.334 e. The van der Waals surface area contributed by atoms with Crippen molar-refractivity contribution in [1.82, 2.24) is 20.0 Å². The Morgan fingerprint density at radius 1 is 1.07 bits per heavy atom. The summed E-state index contributed by atoms with van der Waals surface area (Å²) in [5.41, 5.74) is 7.89. The van der Waals surface area contributed by atoms with Crippen LogP contribution in [0.3, 0.4) is 0 Å². The fourth-order valence-electron chi connectivity index (χ4n) is 6.04. The lowest BCUT2D eigenvalue weighted by Gasteiger charge is -2.35. The molecule has 1 aromatic heterocycles. The van der Waals surface area contributed by atoms with Crippen LogP contribution in [0.4, 0.5) is 16.3 Å². The highest BCUT2D eigenvalue weighted by Crippen LogP contribution is 2.33. The van der Waals surface area contributed by atoms with E-state index < -0.39 is 0 Å². The summed E-state index contributed by atoms with van der Waals surface area (Å²) in [6, 6.07) is 14.5. The van der Waals surface area contributed by atoms with Gasteiger partial charge in [-0.1, -0.05) is 57.2 Å². The topological polar surface area (TPSA) is 82.5 Å². The second kappa shape index (κ2) is 13.8. The van der Waals surface area contributed by atoms with Gasteiger partial charge in [0, 0.05) is 43.7 Å². The van der Waals surface area contributed by atoms with Gasteiger partial charge in [0.05, 0.1) is 5.69 Å². The van der Waals surface area contributed by atoms with E-state index in [0.717, 1.165) is 49.2 Å². The summed E-state index contributed by atoms with van der Waals surface area (Å²) >= 11 is 0. The van der Waals surface area contributed by atoms with Crippen molar-refractivity contribution in [1.29, 1.82) is 0 Å². The third kappa shape index (κ3) is 8.47. The molecule has 0 saturated carbocycles. The maximum absolute atomic E-state index is 13.2. The standard InChI is InChI=1S/C35H50N6O2/c1-24-18-26(12-11-17-39(6)7)19-25(2)33(24)41-23-27(15-16-32(41)42)20-28-13-9-10-14-29(28)22-36-34(43)37-31-21-30(35(3,4)5)38-40(31)8/h9-10,13-14,18-19,21,27H,11-12,15-17,20,22-23H2,1-8H3,(H2,36,37,43). The predicted octanol–water partition coefficient (Wildman–Crippen LogP) is 6.14. The molecule has 2 aromatic carbocycles. The molecule has 8 nitrogen and oxygen atoms in total. The number of piperidine rings is 1. The number of anilines is 2. The second-order valence-electron chi connectivity index (χ2n) is 13.5. The Hall–Kier alpha value is -3.65. The van der Waals surface area contributed by atoms with Gasteiger partial charge in [0.2, 0.25) is 5.91 Å². The van der Waals surface area contributed by atoms with E-state index in [1.54, 1.807) is 4.68 Å². The van der Waals surface area contributed by atoms with Crippen molar-refractivity contribution in [2.45, 2.75) is 78.7 Å². The van der Waals surface area contributed by atoms with Crippen molar-refractivity contribution in [2.24, 2.45) is 13.0 Å². The smallest absolute Gasteiger partial charge is 0.320 e. The lowest BCUT2D eigenvalue weighted by molar-refractivity contribution is -0.120. The van der Waals surface area contributed by atoms with Crippen LogP contribution in [0.5, 0.6) is 0 Å². The summed E-state index contributed by atoms with van der Waals surface area (Å²) in [6.07, 6.45) is 4.45. The molecule has 1 fully saturated rings. The summed E-state index contributed by atoms with van der Waals surface area (Å²) in [5.74, 6) is 1.21. The molecule has 2 N–H and O–H groups in total. The summed E-state index contributed by atoms with van der Waals surface area (Å²) in [6.45, 7) is 12.8. The Morgan fingerprint density at radius 3 is 2.37 bits per heavy atom. The summed E-state index contributed by atoms with van der Waals surface area (Å²) in [5, 5.41) is 10.5. The third-order valence-corrected chi connectivity index (χ3v) is 8.36. The van der Waals surface area contributed by atoms with E-state index in [2.05, 4.69) is 99.7 Å². The summed E-state index contributed by atoms with van der Waals surface area (Å²) in [4.78, 5) is 30.2. The number of rotatable bonds is 10. The number of nitrogens with zero attached hydrogens (tertiary/aromatic N) is 4. The molecule has 4 rings (SSSR count). The number of hydrogen-bond acceptors (Lipinski definition) is 4. The highest BCUT2D eigenvalue weighted by molar-refractivity contribution is 5.95. The Bertz CT molecular complexity index is 1410. The van der Waals surface area contributed by atoms with E-state index in [9.17, 15) is 9.59 Å². The minimum atomic E-state index is -0.260. The zero-order valence-electron chi connectivity index (χ0n) is 27.4. The highest BCUT2D eigenvalue weighted by atomic mass is 16.2. The molecule has 0 radical (unpaired) electrons. The quantitative estimate of drug-likeness (QED) is 0.299. The minimum Gasteiger partial charge on any atom is -0.334 e. The van der Waals surface area contributed by atoms with Crippen molar-refractivity contribution < 1.29 is 9.59 Å². The average molecular weight is 587 g/mol. The first-order chi connectivity index (χ1) is 20.3. The number of carbonyl (C=O) groups excluding carboxylic acids is 2. The molecule has 43 heavy (non-hydrogen) atoms. The third-order valence-electron chi connectivity index (χ3n) is 8.36. The van der Waals surface area contributed by atoms with Gasteiger partial charge in [0.1, 0.15) is 5.82 Å². The van der Waals surface area contributed by atoms with Gasteiger partial charge in [-0.2, -0.15) is 5.10 Å². The molecule has 8 heteroatoms. The number of aryl methyl sites for hydroxylation is 4. The fraction of sp³-hybridized carbons (Fsp3) is 0.514. The molecule has 1 aliphatic rings. The van der Waals surface area contributed by atoms with Gasteiger partial charge in [-0.3, -0.25) is 14.8 Å². The van der Waals surface area contributed by atoms with Gasteiger partial charge < -0.3 is 15.1 Å². The van der Waals surface area contributed by atoms with Gasteiger partial charge in [-0.25, -0.2) is 4.79 Å². The lowest BCUT2D eigenvalue weighted by atomic mass is 9.88. The van der Waals surface area contributed by atoms with Gasteiger partial charge in [0.25, 0.3) is 0 Å². The summed E-state index contributed by atoms with van der Waals surface area (Å²) in [7, 11) is 6.05. The molecule has 232 valence electrons. The van der Waals surface area contributed by atoms with Crippen LogP contribution in [0.25, 0.3) is 0 Å². The Labute approximate surface area is 257 Å². The number of amides is 3. The number of benzene rings is 2. The van der Waals surface area contributed by atoms with Crippen LogP contribution in [0, 0.1) is 19.8 Å². The van der Waals surface area contributed by atoms with Gasteiger partial charge >= 0.3 is 6.03 Å². The number of nitrogens with one attached hydrogen (secondary N) is 2. The number of hydrogen-bond donors (Lipinski definition) is 2. The highest BCUT2D eigenvalue weighted by Gasteiger charge is 2.29. The average Bonchev–Trinajstić information content (AvgIpc) is 3.30.